The van der Waals surface area contributed by atoms with Crippen molar-refractivity contribution < 1.29 is 0 Å². The second kappa shape index (κ2) is 5.58. The van der Waals surface area contributed by atoms with Crippen LogP contribution >= 0.6 is 11.8 Å². The predicted octanol–water partition coefficient (Wildman–Crippen LogP) is 3.79. The van der Waals surface area contributed by atoms with Gasteiger partial charge in [-0.15, -0.1) is 11.8 Å². The Morgan fingerprint density at radius 1 is 1.31 bits per heavy atom. The zero-order valence-corrected chi connectivity index (χ0v) is 10.9. The van der Waals surface area contributed by atoms with Crippen LogP contribution in [0.5, 0.6) is 0 Å². The SMILES string of the molecule is CSc1ccc(NC2CCCCC2C)nc1. The molecule has 0 aromatic carbocycles. The Bertz CT molecular complexity index is 323. The number of thioether (sulfide) groups is 1. The summed E-state index contributed by atoms with van der Waals surface area (Å²) in [7, 11) is 0. The van der Waals surface area contributed by atoms with E-state index in [2.05, 4.69) is 35.6 Å². The quantitative estimate of drug-likeness (QED) is 0.808. The van der Waals surface area contributed by atoms with Crippen LogP contribution in [0.25, 0.3) is 0 Å². The molecule has 0 amide bonds. The zero-order valence-electron chi connectivity index (χ0n) is 10.1. The van der Waals surface area contributed by atoms with E-state index in [1.807, 2.05) is 6.20 Å². The molecule has 1 aliphatic rings. The highest BCUT2D eigenvalue weighted by Gasteiger charge is 2.20. The lowest BCUT2D eigenvalue weighted by molar-refractivity contribution is 0.349. The van der Waals surface area contributed by atoms with E-state index in [1.165, 1.54) is 30.6 Å². The van der Waals surface area contributed by atoms with Gasteiger partial charge in [-0.25, -0.2) is 4.98 Å². The van der Waals surface area contributed by atoms with Gasteiger partial charge >= 0.3 is 0 Å². The van der Waals surface area contributed by atoms with Crippen LogP contribution in [-0.2, 0) is 0 Å². The second-order valence-corrected chi connectivity index (χ2v) is 5.48. The molecule has 1 heterocycles. The first-order chi connectivity index (χ1) is 7.79. The Hall–Kier alpha value is -0.700. The summed E-state index contributed by atoms with van der Waals surface area (Å²) in [4.78, 5) is 5.67. The maximum atomic E-state index is 4.45. The van der Waals surface area contributed by atoms with E-state index in [9.17, 15) is 0 Å². The Morgan fingerprint density at radius 3 is 2.75 bits per heavy atom. The highest BCUT2D eigenvalue weighted by atomic mass is 32.2. The van der Waals surface area contributed by atoms with Crippen molar-refractivity contribution in [1.82, 2.24) is 4.98 Å². The number of rotatable bonds is 3. The molecule has 16 heavy (non-hydrogen) atoms. The number of nitrogens with one attached hydrogen (secondary N) is 1. The highest BCUT2D eigenvalue weighted by Crippen LogP contribution is 2.26. The maximum Gasteiger partial charge on any atom is 0.126 e. The minimum absolute atomic E-state index is 0.612. The van der Waals surface area contributed by atoms with Crippen LogP contribution in [-0.4, -0.2) is 17.3 Å². The summed E-state index contributed by atoms with van der Waals surface area (Å²) in [5, 5.41) is 3.56. The number of aromatic nitrogens is 1. The second-order valence-electron chi connectivity index (χ2n) is 4.60. The van der Waals surface area contributed by atoms with Crippen molar-refractivity contribution in [2.75, 3.05) is 11.6 Å². The van der Waals surface area contributed by atoms with E-state index < -0.39 is 0 Å². The summed E-state index contributed by atoms with van der Waals surface area (Å²) < 4.78 is 0. The molecule has 1 aromatic heterocycles. The zero-order chi connectivity index (χ0) is 11.4. The van der Waals surface area contributed by atoms with Crippen molar-refractivity contribution >= 4 is 17.6 Å². The van der Waals surface area contributed by atoms with Crippen molar-refractivity contribution in [2.45, 2.75) is 43.5 Å². The minimum Gasteiger partial charge on any atom is -0.367 e. The molecule has 1 N–H and O–H groups in total. The molecule has 0 bridgehead atoms. The van der Waals surface area contributed by atoms with Crippen molar-refractivity contribution in [2.24, 2.45) is 5.92 Å². The molecule has 0 saturated heterocycles. The topological polar surface area (TPSA) is 24.9 Å². The number of anilines is 1. The average molecular weight is 236 g/mol. The lowest BCUT2D eigenvalue weighted by Crippen LogP contribution is -2.30. The van der Waals surface area contributed by atoms with Gasteiger partial charge in [0.2, 0.25) is 0 Å². The van der Waals surface area contributed by atoms with Crippen LogP contribution in [0.2, 0.25) is 0 Å². The Kier molecular flexibility index (Phi) is 4.10. The first-order valence-corrected chi connectivity index (χ1v) is 7.28. The van der Waals surface area contributed by atoms with E-state index in [0.717, 1.165) is 11.7 Å². The third kappa shape index (κ3) is 2.91. The maximum absolute atomic E-state index is 4.45. The molecule has 1 saturated carbocycles. The molecule has 88 valence electrons. The minimum atomic E-state index is 0.612. The summed E-state index contributed by atoms with van der Waals surface area (Å²) in [6, 6.07) is 4.84. The van der Waals surface area contributed by atoms with Gasteiger partial charge in [-0.05, 0) is 37.1 Å². The van der Waals surface area contributed by atoms with Gasteiger partial charge in [-0.2, -0.15) is 0 Å². The first-order valence-electron chi connectivity index (χ1n) is 6.06. The third-order valence-electron chi connectivity index (χ3n) is 3.42. The fourth-order valence-corrected chi connectivity index (χ4v) is 2.67. The van der Waals surface area contributed by atoms with Gasteiger partial charge < -0.3 is 5.32 Å². The van der Waals surface area contributed by atoms with E-state index in [4.69, 9.17) is 0 Å². The van der Waals surface area contributed by atoms with E-state index >= 15 is 0 Å². The van der Waals surface area contributed by atoms with Gasteiger partial charge in [0, 0.05) is 17.1 Å². The Morgan fingerprint density at radius 2 is 2.12 bits per heavy atom. The van der Waals surface area contributed by atoms with Crippen molar-refractivity contribution in [3.05, 3.63) is 18.3 Å². The monoisotopic (exact) mass is 236 g/mol. The normalized spacial score (nSPS) is 25.4. The van der Waals surface area contributed by atoms with Gasteiger partial charge in [0.05, 0.1) is 0 Å². The van der Waals surface area contributed by atoms with Crippen molar-refractivity contribution in [3.8, 4) is 0 Å². The lowest BCUT2D eigenvalue weighted by atomic mass is 9.86. The van der Waals surface area contributed by atoms with E-state index in [0.29, 0.717) is 6.04 Å². The highest BCUT2D eigenvalue weighted by molar-refractivity contribution is 7.98. The Balaban J connectivity index is 1.96. The van der Waals surface area contributed by atoms with Gasteiger partial charge in [-0.1, -0.05) is 19.8 Å². The summed E-state index contributed by atoms with van der Waals surface area (Å²) in [5.74, 6) is 1.80. The number of pyridine rings is 1. The lowest BCUT2D eigenvalue weighted by Gasteiger charge is -2.29. The fraction of sp³-hybridized carbons (Fsp3) is 0.615. The molecule has 2 rings (SSSR count). The molecule has 2 atom stereocenters. The number of hydrogen-bond acceptors (Lipinski definition) is 3. The first kappa shape index (κ1) is 11.8. The van der Waals surface area contributed by atoms with Crippen molar-refractivity contribution in [1.29, 1.82) is 0 Å². The fourth-order valence-electron chi connectivity index (χ4n) is 2.31. The van der Waals surface area contributed by atoms with Gasteiger partial charge in [-0.3, -0.25) is 0 Å². The van der Waals surface area contributed by atoms with Crippen LogP contribution in [0.4, 0.5) is 5.82 Å². The van der Waals surface area contributed by atoms with Gasteiger partial charge in [0.15, 0.2) is 0 Å². The van der Waals surface area contributed by atoms with Crippen LogP contribution in [0.3, 0.4) is 0 Å². The van der Waals surface area contributed by atoms with Crippen LogP contribution in [0.15, 0.2) is 23.2 Å². The molecule has 2 unspecified atom stereocenters. The van der Waals surface area contributed by atoms with Gasteiger partial charge in [0.25, 0.3) is 0 Å². The summed E-state index contributed by atoms with van der Waals surface area (Å²) in [6.07, 6.45) is 9.39. The van der Waals surface area contributed by atoms with Crippen LogP contribution in [0.1, 0.15) is 32.6 Å². The summed E-state index contributed by atoms with van der Waals surface area (Å²) >= 11 is 1.73. The average Bonchev–Trinajstić information content (AvgIpc) is 2.33. The Labute approximate surface area is 102 Å². The molecule has 0 spiro atoms. The smallest absolute Gasteiger partial charge is 0.126 e. The van der Waals surface area contributed by atoms with E-state index in [1.54, 1.807) is 11.8 Å². The third-order valence-corrected chi connectivity index (χ3v) is 4.13. The van der Waals surface area contributed by atoms with Crippen LogP contribution < -0.4 is 5.32 Å². The standard InChI is InChI=1S/C13H20N2S/c1-10-5-3-4-6-12(10)15-13-8-7-11(16-2)9-14-13/h7-10,12H,3-6H2,1-2H3,(H,14,15). The summed E-state index contributed by atoms with van der Waals surface area (Å²) in [6.45, 7) is 2.34. The number of nitrogens with zero attached hydrogens (tertiary/aromatic N) is 1. The predicted molar refractivity (Wildman–Crippen MR) is 71.1 cm³/mol. The molecule has 1 aliphatic carbocycles. The van der Waals surface area contributed by atoms with Crippen molar-refractivity contribution in [3.63, 3.8) is 0 Å². The van der Waals surface area contributed by atoms with E-state index in [-0.39, 0.29) is 0 Å². The molecule has 1 aromatic rings. The van der Waals surface area contributed by atoms with Gasteiger partial charge in [0.1, 0.15) is 5.82 Å². The molecule has 0 radical (unpaired) electrons. The molecular weight excluding hydrogens is 216 g/mol. The van der Waals surface area contributed by atoms with Crippen LogP contribution in [0, 0.1) is 5.92 Å². The molecule has 3 heteroatoms. The molecule has 0 aliphatic heterocycles. The molecule has 1 fully saturated rings. The largest absolute Gasteiger partial charge is 0.367 e. The summed E-state index contributed by atoms with van der Waals surface area (Å²) in [5.41, 5.74) is 0. The molecular formula is C13H20N2S. The molecule has 2 nitrogen and oxygen atoms in total. The number of hydrogen-bond donors (Lipinski definition) is 1.